The van der Waals surface area contributed by atoms with Crippen LogP contribution in [0, 0.1) is 0 Å². The van der Waals surface area contributed by atoms with E-state index in [1.165, 1.54) is 12.8 Å². The summed E-state index contributed by atoms with van der Waals surface area (Å²) < 4.78 is 1.81. The summed E-state index contributed by atoms with van der Waals surface area (Å²) in [6.45, 7) is 2.29. The first kappa shape index (κ1) is 13.6. The van der Waals surface area contributed by atoms with E-state index in [1.807, 2.05) is 29.8 Å². The Morgan fingerprint density at radius 3 is 2.95 bits per heavy atom. The van der Waals surface area contributed by atoms with Crippen LogP contribution in [0.15, 0.2) is 12.1 Å². The quantitative estimate of drug-likeness (QED) is 0.841. The highest BCUT2D eigenvalue weighted by Crippen LogP contribution is 2.38. The number of hydrogen-bond donors (Lipinski definition) is 2. The second kappa shape index (κ2) is 5.21. The van der Waals surface area contributed by atoms with Gasteiger partial charge in [0.25, 0.3) is 0 Å². The summed E-state index contributed by atoms with van der Waals surface area (Å²) >= 11 is 1.63. The van der Waals surface area contributed by atoms with Gasteiger partial charge in [-0.05, 0) is 38.2 Å². The molecule has 2 aromatic rings. The van der Waals surface area contributed by atoms with E-state index in [0.717, 1.165) is 17.3 Å². The summed E-state index contributed by atoms with van der Waals surface area (Å²) in [5, 5.41) is 26.2. The van der Waals surface area contributed by atoms with E-state index >= 15 is 0 Å². The Morgan fingerprint density at radius 1 is 1.45 bits per heavy atom. The molecule has 0 radical (unpaired) electrons. The van der Waals surface area contributed by atoms with Crippen LogP contribution in [0.25, 0.3) is 5.65 Å². The van der Waals surface area contributed by atoms with Crippen molar-refractivity contribution in [3.63, 3.8) is 0 Å². The fourth-order valence-corrected chi connectivity index (χ4v) is 2.86. The van der Waals surface area contributed by atoms with Gasteiger partial charge in [-0.2, -0.15) is 16.3 Å². The molecule has 6 nitrogen and oxygen atoms in total. The number of nitrogens with zero attached hydrogens (tertiary/aromatic N) is 4. The lowest BCUT2D eigenvalue weighted by molar-refractivity contribution is 0.0996. The lowest BCUT2D eigenvalue weighted by Crippen LogP contribution is -2.36. The normalized spacial score (nSPS) is 18.1. The molecule has 0 saturated heterocycles. The van der Waals surface area contributed by atoms with Crippen LogP contribution in [0.4, 0.5) is 5.82 Å². The first-order valence-corrected chi connectivity index (χ1v) is 8.16. The van der Waals surface area contributed by atoms with Gasteiger partial charge in [0, 0.05) is 18.2 Å². The van der Waals surface area contributed by atoms with Gasteiger partial charge in [0.1, 0.15) is 5.82 Å². The van der Waals surface area contributed by atoms with Crippen molar-refractivity contribution in [1.82, 2.24) is 19.8 Å². The van der Waals surface area contributed by atoms with Crippen LogP contribution in [-0.2, 0) is 0 Å². The maximum Gasteiger partial charge on any atom is 0.178 e. The number of fused-ring (bicyclic) bond motifs is 1. The highest BCUT2D eigenvalue weighted by atomic mass is 32.2. The Hall–Kier alpha value is -1.34. The Bertz CT molecular complexity index is 608. The summed E-state index contributed by atoms with van der Waals surface area (Å²) in [5.41, 5.74) is 0.0241. The van der Waals surface area contributed by atoms with Crippen LogP contribution in [-0.4, -0.2) is 49.1 Å². The molecule has 0 amide bonds. The van der Waals surface area contributed by atoms with Gasteiger partial charge in [0.2, 0.25) is 0 Å². The standard InChI is InChI=1S/C13H19N5OS/c1-13(19,8-20-2)7-14-10-5-6-11-15-16-12(9-3-4-9)18(11)17-10/h5-6,9,19H,3-4,7-8H2,1-2H3,(H,14,17). The molecule has 7 heteroatoms. The van der Waals surface area contributed by atoms with Crippen LogP contribution in [0.2, 0.25) is 0 Å². The van der Waals surface area contributed by atoms with Gasteiger partial charge in [-0.15, -0.1) is 15.3 Å². The average Bonchev–Trinajstić information content (AvgIpc) is 3.16. The number of nitrogens with one attached hydrogen (secondary N) is 1. The van der Waals surface area contributed by atoms with Gasteiger partial charge in [-0.1, -0.05) is 0 Å². The minimum Gasteiger partial charge on any atom is -0.387 e. The van der Waals surface area contributed by atoms with E-state index in [-0.39, 0.29) is 0 Å². The molecule has 1 aliphatic rings. The molecule has 1 saturated carbocycles. The van der Waals surface area contributed by atoms with Crippen molar-refractivity contribution < 1.29 is 5.11 Å². The molecular formula is C13H19N5OS. The predicted molar refractivity (Wildman–Crippen MR) is 80.3 cm³/mol. The van der Waals surface area contributed by atoms with E-state index in [0.29, 0.717) is 18.2 Å². The van der Waals surface area contributed by atoms with Crippen LogP contribution in [0.3, 0.4) is 0 Å². The summed E-state index contributed by atoms with van der Waals surface area (Å²) in [6.07, 6.45) is 4.32. The molecule has 1 fully saturated rings. The van der Waals surface area contributed by atoms with Crippen LogP contribution in [0.5, 0.6) is 0 Å². The van der Waals surface area contributed by atoms with Gasteiger partial charge in [-0.3, -0.25) is 0 Å². The van der Waals surface area contributed by atoms with Crippen molar-refractivity contribution in [2.45, 2.75) is 31.3 Å². The van der Waals surface area contributed by atoms with Crippen molar-refractivity contribution >= 4 is 23.2 Å². The van der Waals surface area contributed by atoms with Crippen molar-refractivity contribution in [2.24, 2.45) is 0 Å². The highest BCUT2D eigenvalue weighted by molar-refractivity contribution is 7.98. The Balaban J connectivity index is 1.76. The summed E-state index contributed by atoms with van der Waals surface area (Å²) in [6, 6.07) is 3.77. The molecule has 108 valence electrons. The first-order valence-electron chi connectivity index (χ1n) is 6.77. The minimum absolute atomic E-state index is 0.466. The fourth-order valence-electron chi connectivity index (χ4n) is 2.14. The molecule has 0 bridgehead atoms. The third kappa shape index (κ3) is 2.88. The molecule has 2 aromatic heterocycles. The summed E-state index contributed by atoms with van der Waals surface area (Å²) in [5.74, 6) is 2.87. The average molecular weight is 293 g/mol. The number of aliphatic hydroxyl groups is 1. The summed E-state index contributed by atoms with van der Waals surface area (Å²) in [4.78, 5) is 0. The zero-order valence-corrected chi connectivity index (χ0v) is 12.5. The molecule has 1 atom stereocenters. The number of aromatic nitrogens is 4. The molecular weight excluding hydrogens is 274 g/mol. The number of hydrogen-bond acceptors (Lipinski definition) is 6. The SMILES string of the molecule is CSCC(C)(O)CNc1ccc2nnc(C3CC3)n2n1. The van der Waals surface area contributed by atoms with Crippen molar-refractivity contribution in [2.75, 3.05) is 23.9 Å². The minimum atomic E-state index is -0.747. The number of rotatable bonds is 6. The lowest BCUT2D eigenvalue weighted by atomic mass is 10.1. The molecule has 0 aromatic carbocycles. The van der Waals surface area contributed by atoms with E-state index < -0.39 is 5.60 Å². The zero-order valence-electron chi connectivity index (χ0n) is 11.7. The second-order valence-corrected chi connectivity index (χ2v) is 6.47. The molecule has 1 unspecified atom stereocenters. The number of anilines is 1. The molecule has 2 heterocycles. The lowest BCUT2D eigenvalue weighted by Gasteiger charge is -2.22. The second-order valence-electron chi connectivity index (χ2n) is 5.60. The third-order valence-electron chi connectivity index (χ3n) is 3.34. The maximum absolute atomic E-state index is 10.2. The van der Waals surface area contributed by atoms with Crippen molar-refractivity contribution in [3.05, 3.63) is 18.0 Å². The molecule has 1 aliphatic carbocycles. The topological polar surface area (TPSA) is 75.3 Å². The fraction of sp³-hybridized carbons (Fsp3) is 0.615. The Kier molecular flexibility index (Phi) is 3.55. The molecule has 0 spiro atoms. The van der Waals surface area contributed by atoms with Gasteiger partial charge in [-0.25, -0.2) is 0 Å². The molecule has 3 rings (SSSR count). The van der Waals surface area contributed by atoms with Gasteiger partial charge in [0.05, 0.1) is 5.60 Å². The van der Waals surface area contributed by atoms with Gasteiger partial charge in [0.15, 0.2) is 11.5 Å². The smallest absolute Gasteiger partial charge is 0.178 e. The third-order valence-corrected chi connectivity index (χ3v) is 4.25. The number of thioether (sulfide) groups is 1. The zero-order chi connectivity index (χ0) is 14.2. The van der Waals surface area contributed by atoms with Crippen LogP contribution >= 0.6 is 11.8 Å². The van der Waals surface area contributed by atoms with Crippen molar-refractivity contribution in [3.8, 4) is 0 Å². The Morgan fingerprint density at radius 2 is 2.25 bits per heavy atom. The van der Waals surface area contributed by atoms with E-state index in [9.17, 15) is 5.11 Å². The monoisotopic (exact) mass is 293 g/mol. The van der Waals surface area contributed by atoms with Crippen LogP contribution < -0.4 is 5.32 Å². The van der Waals surface area contributed by atoms with E-state index in [2.05, 4.69) is 20.6 Å². The first-order chi connectivity index (χ1) is 9.59. The van der Waals surface area contributed by atoms with E-state index in [4.69, 9.17) is 0 Å². The maximum atomic E-state index is 10.2. The largest absolute Gasteiger partial charge is 0.387 e. The van der Waals surface area contributed by atoms with Gasteiger partial charge < -0.3 is 10.4 Å². The van der Waals surface area contributed by atoms with Crippen LogP contribution in [0.1, 0.15) is 31.5 Å². The molecule has 0 aliphatic heterocycles. The highest BCUT2D eigenvalue weighted by Gasteiger charge is 2.29. The van der Waals surface area contributed by atoms with Crippen molar-refractivity contribution in [1.29, 1.82) is 0 Å². The van der Waals surface area contributed by atoms with E-state index in [1.54, 1.807) is 11.8 Å². The molecule has 20 heavy (non-hydrogen) atoms. The predicted octanol–water partition coefficient (Wildman–Crippen LogP) is 1.53. The summed E-state index contributed by atoms with van der Waals surface area (Å²) in [7, 11) is 0. The molecule has 2 N–H and O–H groups in total. The Labute approximate surface area is 122 Å². The van der Waals surface area contributed by atoms with Gasteiger partial charge >= 0.3 is 0 Å².